The quantitative estimate of drug-likeness (QED) is 0.830. The number of terminal acetylenes is 1. The molecule has 0 saturated heterocycles. The number of alkyl halides is 3. The summed E-state index contributed by atoms with van der Waals surface area (Å²) in [4.78, 5) is 10.6. The molecule has 0 amide bonds. The van der Waals surface area contributed by atoms with Crippen molar-refractivity contribution in [1.29, 1.82) is 0 Å². The molecule has 0 heterocycles. The van der Waals surface area contributed by atoms with Crippen LogP contribution >= 0.6 is 0 Å². The van der Waals surface area contributed by atoms with E-state index in [-0.39, 0.29) is 16.9 Å². The molecule has 0 atom stereocenters. The van der Waals surface area contributed by atoms with Crippen molar-refractivity contribution in [1.82, 2.24) is 0 Å². The van der Waals surface area contributed by atoms with Gasteiger partial charge in [-0.3, -0.25) is 0 Å². The van der Waals surface area contributed by atoms with Crippen LogP contribution in [-0.4, -0.2) is 23.9 Å². The fraction of sp³-hybridized carbons (Fsp3) is 0.182. The van der Waals surface area contributed by atoms with Gasteiger partial charge < -0.3 is 9.84 Å². The zero-order chi connectivity index (χ0) is 13.1. The standard InChI is InChI=1S/C11H7F3O3/c1-2-7-3-4-8(10(15)16)5-9(7)17-6-11(12,13)14/h1,3-5H,6H2,(H,15,16). The molecule has 3 nitrogen and oxygen atoms in total. The van der Waals surface area contributed by atoms with Crippen molar-refractivity contribution in [3.8, 4) is 18.1 Å². The number of carbonyl (C=O) groups is 1. The smallest absolute Gasteiger partial charge is 0.422 e. The normalized spacial score (nSPS) is 10.7. The van der Waals surface area contributed by atoms with Crippen LogP contribution in [0.1, 0.15) is 15.9 Å². The molecule has 17 heavy (non-hydrogen) atoms. The summed E-state index contributed by atoms with van der Waals surface area (Å²) >= 11 is 0. The number of benzene rings is 1. The topological polar surface area (TPSA) is 46.5 Å². The highest BCUT2D eigenvalue weighted by Gasteiger charge is 2.28. The van der Waals surface area contributed by atoms with Gasteiger partial charge in [0.05, 0.1) is 11.1 Å². The monoisotopic (exact) mass is 244 g/mol. The Bertz CT molecular complexity index is 472. The van der Waals surface area contributed by atoms with Crippen molar-refractivity contribution in [2.75, 3.05) is 6.61 Å². The number of halogens is 3. The highest BCUT2D eigenvalue weighted by molar-refractivity contribution is 5.88. The minimum atomic E-state index is -4.51. The fourth-order valence-electron chi connectivity index (χ4n) is 1.05. The Morgan fingerprint density at radius 2 is 2.12 bits per heavy atom. The Labute approximate surface area is 94.8 Å². The molecule has 0 radical (unpaired) electrons. The third-order valence-electron chi connectivity index (χ3n) is 1.78. The minimum Gasteiger partial charge on any atom is -0.483 e. The predicted octanol–water partition coefficient (Wildman–Crippen LogP) is 2.31. The van der Waals surface area contributed by atoms with Gasteiger partial charge in [-0.2, -0.15) is 13.2 Å². The highest BCUT2D eigenvalue weighted by Crippen LogP contribution is 2.23. The van der Waals surface area contributed by atoms with Gasteiger partial charge in [0.25, 0.3) is 0 Å². The van der Waals surface area contributed by atoms with Crippen molar-refractivity contribution >= 4 is 5.97 Å². The maximum absolute atomic E-state index is 11.9. The first kappa shape index (κ1) is 12.9. The predicted molar refractivity (Wildman–Crippen MR) is 52.9 cm³/mol. The van der Waals surface area contributed by atoms with Crippen molar-refractivity contribution in [2.45, 2.75) is 6.18 Å². The third kappa shape index (κ3) is 3.72. The number of hydrogen-bond acceptors (Lipinski definition) is 2. The third-order valence-corrected chi connectivity index (χ3v) is 1.78. The van der Waals surface area contributed by atoms with Crippen LogP contribution in [0.5, 0.6) is 5.75 Å². The Kier molecular flexibility index (Phi) is 3.63. The summed E-state index contributed by atoms with van der Waals surface area (Å²) in [5.41, 5.74) is -0.125. The lowest BCUT2D eigenvalue weighted by atomic mass is 10.1. The SMILES string of the molecule is C#Cc1ccc(C(=O)O)cc1OCC(F)(F)F. The second-order valence-electron chi connectivity index (χ2n) is 3.06. The first-order chi connectivity index (χ1) is 7.83. The second kappa shape index (κ2) is 4.78. The molecule has 1 rings (SSSR count). The van der Waals surface area contributed by atoms with Crippen LogP contribution < -0.4 is 4.74 Å². The van der Waals surface area contributed by atoms with Crippen LogP contribution in [0.25, 0.3) is 0 Å². The van der Waals surface area contributed by atoms with Gasteiger partial charge in [-0.15, -0.1) is 6.42 Å². The Morgan fingerprint density at radius 1 is 1.47 bits per heavy atom. The summed E-state index contributed by atoms with van der Waals surface area (Å²) in [6.45, 7) is -1.52. The van der Waals surface area contributed by atoms with Crippen molar-refractivity contribution < 1.29 is 27.8 Å². The number of rotatable bonds is 3. The first-order valence-corrected chi connectivity index (χ1v) is 4.37. The lowest BCUT2D eigenvalue weighted by Crippen LogP contribution is -2.19. The molecule has 90 valence electrons. The van der Waals surface area contributed by atoms with E-state index in [0.29, 0.717) is 0 Å². The summed E-state index contributed by atoms with van der Waals surface area (Å²) in [5, 5.41) is 8.67. The first-order valence-electron chi connectivity index (χ1n) is 4.37. The maximum Gasteiger partial charge on any atom is 0.422 e. The van der Waals surface area contributed by atoms with Gasteiger partial charge in [0, 0.05) is 0 Å². The van der Waals surface area contributed by atoms with Gasteiger partial charge in [0.2, 0.25) is 0 Å². The fourth-order valence-corrected chi connectivity index (χ4v) is 1.05. The van der Waals surface area contributed by atoms with Crippen LogP contribution in [0.15, 0.2) is 18.2 Å². The molecule has 0 aliphatic carbocycles. The molecule has 0 aromatic heterocycles. The summed E-state index contributed by atoms with van der Waals surface area (Å²) in [6, 6.07) is 3.37. The van der Waals surface area contributed by atoms with Gasteiger partial charge >= 0.3 is 12.1 Å². The molecule has 0 bridgehead atoms. The van der Waals surface area contributed by atoms with E-state index < -0.39 is 18.8 Å². The zero-order valence-electron chi connectivity index (χ0n) is 8.41. The molecule has 0 aliphatic heterocycles. The van der Waals surface area contributed by atoms with Crippen molar-refractivity contribution in [2.24, 2.45) is 0 Å². The van der Waals surface area contributed by atoms with Gasteiger partial charge in [-0.1, -0.05) is 5.92 Å². The van der Waals surface area contributed by atoms with Crippen LogP contribution in [-0.2, 0) is 0 Å². The van der Waals surface area contributed by atoms with E-state index in [1.165, 1.54) is 12.1 Å². The van der Waals surface area contributed by atoms with Gasteiger partial charge in [-0.05, 0) is 18.2 Å². The van der Waals surface area contributed by atoms with E-state index in [9.17, 15) is 18.0 Å². The van der Waals surface area contributed by atoms with E-state index in [0.717, 1.165) is 6.07 Å². The summed E-state index contributed by atoms with van der Waals surface area (Å²) in [6.07, 6.45) is 0.549. The molecule has 1 aromatic carbocycles. The molecule has 0 fully saturated rings. The van der Waals surface area contributed by atoms with Gasteiger partial charge in [0.15, 0.2) is 6.61 Å². The molecule has 1 N–H and O–H groups in total. The van der Waals surface area contributed by atoms with E-state index in [4.69, 9.17) is 11.5 Å². The van der Waals surface area contributed by atoms with Crippen LogP contribution in [0.4, 0.5) is 13.2 Å². The molecular formula is C11H7F3O3. The van der Waals surface area contributed by atoms with Crippen LogP contribution in [0.3, 0.4) is 0 Å². The summed E-state index contributed by atoms with van der Waals surface area (Å²) in [7, 11) is 0. The average molecular weight is 244 g/mol. The molecule has 1 aromatic rings. The van der Waals surface area contributed by atoms with Crippen LogP contribution in [0, 0.1) is 12.3 Å². The minimum absolute atomic E-state index is 0.0688. The van der Waals surface area contributed by atoms with E-state index >= 15 is 0 Å². The number of ether oxygens (including phenoxy) is 1. The number of carboxylic acid groups (broad SMARTS) is 1. The van der Waals surface area contributed by atoms with Crippen molar-refractivity contribution in [3.05, 3.63) is 29.3 Å². The molecule has 0 spiro atoms. The lowest BCUT2D eigenvalue weighted by molar-refractivity contribution is -0.153. The van der Waals surface area contributed by atoms with E-state index in [1.54, 1.807) is 0 Å². The lowest BCUT2D eigenvalue weighted by Gasteiger charge is -2.11. The molecular weight excluding hydrogens is 237 g/mol. The van der Waals surface area contributed by atoms with Crippen LogP contribution in [0.2, 0.25) is 0 Å². The average Bonchev–Trinajstić information content (AvgIpc) is 2.24. The van der Waals surface area contributed by atoms with Crippen molar-refractivity contribution in [3.63, 3.8) is 0 Å². The number of carboxylic acids is 1. The Morgan fingerprint density at radius 3 is 2.59 bits per heavy atom. The summed E-state index contributed by atoms with van der Waals surface area (Å²) < 4.78 is 40.3. The largest absolute Gasteiger partial charge is 0.483 e. The second-order valence-corrected chi connectivity index (χ2v) is 3.06. The Hall–Kier alpha value is -2.16. The molecule has 6 heteroatoms. The summed E-state index contributed by atoms with van der Waals surface area (Å²) in [5.74, 6) is 0.567. The number of aromatic carboxylic acids is 1. The zero-order valence-corrected chi connectivity index (χ0v) is 8.41. The van der Waals surface area contributed by atoms with E-state index in [2.05, 4.69) is 10.7 Å². The Balaban J connectivity index is 2.99. The highest BCUT2D eigenvalue weighted by atomic mass is 19.4. The molecule has 0 saturated carbocycles. The number of hydrogen-bond donors (Lipinski definition) is 1. The molecule has 0 aliphatic rings. The van der Waals surface area contributed by atoms with E-state index in [1.807, 2.05) is 0 Å². The van der Waals surface area contributed by atoms with Gasteiger partial charge in [-0.25, -0.2) is 4.79 Å². The molecule has 0 unspecified atom stereocenters. The van der Waals surface area contributed by atoms with Gasteiger partial charge in [0.1, 0.15) is 5.75 Å². The maximum atomic E-state index is 11.9.